The molecule has 2 N–H and O–H groups in total. The molecule has 0 bridgehead atoms. The second-order valence-corrected chi connectivity index (χ2v) is 4.65. The molecule has 0 aliphatic carbocycles. The Bertz CT molecular complexity index is 493. The summed E-state index contributed by atoms with van der Waals surface area (Å²) < 4.78 is 32.2. The summed E-state index contributed by atoms with van der Waals surface area (Å²) in [6.45, 7) is 0.439. The zero-order valence-electron chi connectivity index (χ0n) is 10.5. The molecule has 0 radical (unpaired) electrons. The number of hydrogen-bond donors (Lipinski definition) is 2. The predicted octanol–water partition coefficient (Wildman–Crippen LogP) is 1.85. The fourth-order valence-corrected chi connectivity index (χ4v) is 2.33. The molecular weight excluding hydrogens is 256 g/mol. The first kappa shape index (κ1) is 13.9. The van der Waals surface area contributed by atoms with E-state index in [1.54, 1.807) is 0 Å². The normalized spacial score (nSPS) is 22.7. The van der Waals surface area contributed by atoms with E-state index in [0.717, 1.165) is 6.07 Å². The number of rotatable bonds is 4. The van der Waals surface area contributed by atoms with Crippen LogP contribution >= 0.6 is 0 Å². The van der Waals surface area contributed by atoms with Crippen LogP contribution in [-0.4, -0.2) is 24.7 Å². The van der Waals surface area contributed by atoms with Crippen molar-refractivity contribution in [3.05, 3.63) is 34.9 Å². The molecule has 1 saturated heterocycles. The first-order valence-corrected chi connectivity index (χ1v) is 5.96. The minimum Gasteiger partial charge on any atom is -0.481 e. The summed E-state index contributed by atoms with van der Waals surface area (Å²) in [7, 11) is 1.47. The lowest BCUT2D eigenvalue weighted by atomic mass is 9.98. The van der Waals surface area contributed by atoms with Crippen molar-refractivity contribution in [1.82, 2.24) is 5.32 Å². The first-order chi connectivity index (χ1) is 9.02. The van der Waals surface area contributed by atoms with E-state index in [4.69, 9.17) is 9.84 Å². The highest BCUT2D eigenvalue weighted by Gasteiger charge is 2.32. The van der Waals surface area contributed by atoms with E-state index in [0.29, 0.717) is 5.56 Å². The van der Waals surface area contributed by atoms with Crippen molar-refractivity contribution in [3.8, 4) is 0 Å². The van der Waals surface area contributed by atoms with Crippen molar-refractivity contribution in [1.29, 1.82) is 0 Å². The molecule has 1 aliphatic rings. The standard InChI is InChI=1S/C13H15F2NO3/c1-19-6-7-2-9(12(15)10(14)3-7)11-4-8(5-16-11)13(17)18/h2-3,8,11,16H,4-6H2,1H3,(H,17,18). The zero-order chi connectivity index (χ0) is 14.0. The van der Waals surface area contributed by atoms with Crippen LogP contribution in [-0.2, 0) is 16.1 Å². The largest absolute Gasteiger partial charge is 0.481 e. The summed E-state index contributed by atoms with van der Waals surface area (Å²) >= 11 is 0. The van der Waals surface area contributed by atoms with E-state index in [1.165, 1.54) is 13.2 Å². The maximum atomic E-state index is 13.8. The summed E-state index contributed by atoms with van der Waals surface area (Å²) in [4.78, 5) is 10.9. The molecular formula is C13H15F2NO3. The smallest absolute Gasteiger partial charge is 0.307 e. The third-order valence-electron chi connectivity index (χ3n) is 3.28. The molecule has 0 spiro atoms. The van der Waals surface area contributed by atoms with Gasteiger partial charge in [0.1, 0.15) is 0 Å². The Morgan fingerprint density at radius 2 is 2.26 bits per heavy atom. The molecule has 6 heteroatoms. The number of aliphatic carboxylic acids is 1. The number of carbonyl (C=O) groups is 1. The van der Waals surface area contributed by atoms with Gasteiger partial charge >= 0.3 is 5.97 Å². The number of hydrogen-bond acceptors (Lipinski definition) is 3. The van der Waals surface area contributed by atoms with Crippen molar-refractivity contribution in [2.24, 2.45) is 5.92 Å². The Balaban J connectivity index is 2.26. The van der Waals surface area contributed by atoms with Gasteiger partial charge in [-0.05, 0) is 24.1 Å². The molecule has 0 amide bonds. The Morgan fingerprint density at radius 3 is 2.84 bits per heavy atom. The third kappa shape index (κ3) is 2.90. The lowest BCUT2D eigenvalue weighted by Crippen LogP contribution is -2.18. The van der Waals surface area contributed by atoms with Crippen LogP contribution in [0.15, 0.2) is 12.1 Å². The van der Waals surface area contributed by atoms with Crippen molar-refractivity contribution < 1.29 is 23.4 Å². The van der Waals surface area contributed by atoms with Crippen LogP contribution in [0.5, 0.6) is 0 Å². The minimum atomic E-state index is -0.940. The van der Waals surface area contributed by atoms with Crippen LogP contribution in [0, 0.1) is 17.6 Å². The minimum absolute atomic E-state index is 0.163. The molecule has 4 nitrogen and oxygen atoms in total. The topological polar surface area (TPSA) is 58.6 Å². The summed E-state index contributed by atoms with van der Waals surface area (Å²) in [6.07, 6.45) is 0.252. The number of methoxy groups -OCH3 is 1. The molecule has 19 heavy (non-hydrogen) atoms. The summed E-state index contributed by atoms with van der Waals surface area (Å²) in [5.74, 6) is -3.36. The van der Waals surface area contributed by atoms with Gasteiger partial charge in [0.05, 0.1) is 12.5 Å². The maximum Gasteiger partial charge on any atom is 0.307 e. The van der Waals surface area contributed by atoms with E-state index in [1.807, 2.05) is 0 Å². The zero-order valence-corrected chi connectivity index (χ0v) is 10.5. The first-order valence-electron chi connectivity index (χ1n) is 5.96. The Kier molecular flexibility index (Phi) is 4.11. The molecule has 2 unspecified atom stereocenters. The summed E-state index contributed by atoms with van der Waals surface area (Å²) in [5, 5.41) is 11.8. The molecule has 1 heterocycles. The molecule has 2 atom stereocenters. The highest BCUT2D eigenvalue weighted by Crippen LogP contribution is 2.30. The van der Waals surface area contributed by atoms with Crippen LogP contribution in [0.3, 0.4) is 0 Å². The van der Waals surface area contributed by atoms with E-state index >= 15 is 0 Å². The fraction of sp³-hybridized carbons (Fsp3) is 0.462. The van der Waals surface area contributed by atoms with E-state index in [2.05, 4.69) is 5.32 Å². The van der Waals surface area contributed by atoms with Crippen molar-refractivity contribution in [2.75, 3.05) is 13.7 Å². The number of ether oxygens (including phenoxy) is 1. The second kappa shape index (κ2) is 5.63. The number of carboxylic acid groups (broad SMARTS) is 1. The monoisotopic (exact) mass is 271 g/mol. The Morgan fingerprint density at radius 1 is 1.53 bits per heavy atom. The van der Waals surface area contributed by atoms with E-state index < -0.39 is 29.6 Å². The van der Waals surface area contributed by atoms with Gasteiger partial charge in [-0.1, -0.05) is 0 Å². The van der Waals surface area contributed by atoms with Gasteiger partial charge in [-0.15, -0.1) is 0 Å². The van der Waals surface area contributed by atoms with Gasteiger partial charge in [-0.3, -0.25) is 4.79 Å². The molecule has 1 aromatic rings. The molecule has 1 aromatic carbocycles. The SMILES string of the molecule is COCc1cc(F)c(F)c(C2CC(C(=O)O)CN2)c1. The molecule has 2 rings (SSSR count). The Hall–Kier alpha value is -1.53. The van der Waals surface area contributed by atoms with Crippen molar-refractivity contribution in [2.45, 2.75) is 19.1 Å². The van der Waals surface area contributed by atoms with Crippen LogP contribution in [0.4, 0.5) is 8.78 Å². The van der Waals surface area contributed by atoms with Crippen LogP contribution < -0.4 is 5.32 Å². The number of carboxylic acids is 1. The fourth-order valence-electron chi connectivity index (χ4n) is 2.33. The highest BCUT2D eigenvalue weighted by molar-refractivity contribution is 5.70. The molecule has 1 aliphatic heterocycles. The van der Waals surface area contributed by atoms with Crippen LogP contribution in [0.2, 0.25) is 0 Å². The maximum absolute atomic E-state index is 13.8. The van der Waals surface area contributed by atoms with Crippen molar-refractivity contribution >= 4 is 5.97 Å². The quantitative estimate of drug-likeness (QED) is 0.877. The average Bonchev–Trinajstić information content (AvgIpc) is 2.83. The van der Waals surface area contributed by atoms with Gasteiger partial charge in [-0.2, -0.15) is 0 Å². The molecule has 0 saturated carbocycles. The number of nitrogens with one attached hydrogen (secondary N) is 1. The number of halogens is 2. The number of benzene rings is 1. The van der Waals surface area contributed by atoms with Gasteiger partial charge in [0.15, 0.2) is 11.6 Å². The van der Waals surface area contributed by atoms with Crippen molar-refractivity contribution in [3.63, 3.8) is 0 Å². The van der Waals surface area contributed by atoms with Gasteiger partial charge in [-0.25, -0.2) is 8.78 Å². The highest BCUT2D eigenvalue weighted by atomic mass is 19.2. The molecule has 1 fully saturated rings. The second-order valence-electron chi connectivity index (χ2n) is 4.65. The van der Waals surface area contributed by atoms with E-state index in [9.17, 15) is 13.6 Å². The lowest BCUT2D eigenvalue weighted by molar-refractivity contribution is -0.141. The summed E-state index contributed by atoms with van der Waals surface area (Å²) in [6, 6.07) is 2.13. The van der Waals surface area contributed by atoms with Gasteiger partial charge in [0.2, 0.25) is 0 Å². The molecule has 0 aromatic heterocycles. The summed E-state index contributed by atoms with van der Waals surface area (Å²) in [5.41, 5.74) is 0.688. The predicted molar refractivity (Wildman–Crippen MR) is 63.6 cm³/mol. The van der Waals surface area contributed by atoms with Gasteiger partial charge in [0.25, 0.3) is 0 Å². The van der Waals surface area contributed by atoms with Crippen LogP contribution in [0.1, 0.15) is 23.6 Å². The Labute approximate surface area is 109 Å². The van der Waals surface area contributed by atoms with Crippen LogP contribution in [0.25, 0.3) is 0 Å². The van der Waals surface area contributed by atoms with Gasteiger partial charge in [0, 0.05) is 25.3 Å². The van der Waals surface area contributed by atoms with Gasteiger partial charge < -0.3 is 15.2 Å². The average molecular weight is 271 g/mol. The third-order valence-corrected chi connectivity index (χ3v) is 3.28. The van der Waals surface area contributed by atoms with E-state index in [-0.39, 0.29) is 25.1 Å². The lowest BCUT2D eigenvalue weighted by Gasteiger charge is -2.14. The molecule has 104 valence electrons.